The van der Waals surface area contributed by atoms with Gasteiger partial charge < -0.3 is 0 Å². The Morgan fingerprint density at radius 1 is 0.865 bits per heavy atom. The molecule has 2 saturated carbocycles. The number of hydrogen-bond acceptors (Lipinski definition) is 0. The fourth-order valence-corrected chi connectivity index (χ4v) is 7.04. The third-order valence-corrected chi connectivity index (χ3v) is 9.37. The minimum absolute atomic E-state index is 0.459. The van der Waals surface area contributed by atoms with E-state index in [9.17, 15) is 1.37 Å². The van der Waals surface area contributed by atoms with Crippen molar-refractivity contribution in [3.63, 3.8) is 0 Å². The van der Waals surface area contributed by atoms with Crippen LogP contribution in [0.4, 0.5) is 0 Å². The second-order valence-electron chi connectivity index (χ2n) is 12.0. The van der Waals surface area contributed by atoms with E-state index in [1.807, 2.05) is 13.8 Å². The van der Waals surface area contributed by atoms with Crippen LogP contribution in [0.1, 0.15) is 96.4 Å². The molecule has 0 bridgehead atoms. The molecule has 190 valence electrons. The first-order valence-corrected chi connectivity index (χ1v) is 14.2. The van der Waals surface area contributed by atoms with E-state index in [0.29, 0.717) is 5.41 Å². The van der Waals surface area contributed by atoms with Crippen molar-refractivity contribution in [2.75, 3.05) is 0 Å². The molecule has 1 heterocycles. The number of pyridine rings is 1. The molecule has 2 fully saturated rings. The van der Waals surface area contributed by atoms with Crippen molar-refractivity contribution in [2.24, 2.45) is 12.5 Å². The molecule has 0 amide bonds. The zero-order valence-corrected chi connectivity index (χ0v) is 23.0. The van der Waals surface area contributed by atoms with Gasteiger partial charge in [0.15, 0.2) is 6.20 Å². The molecule has 4 aromatic rings. The van der Waals surface area contributed by atoms with Gasteiger partial charge in [-0.05, 0) is 108 Å². The van der Waals surface area contributed by atoms with Crippen molar-refractivity contribution in [1.29, 1.82) is 0 Å². The fourth-order valence-electron chi connectivity index (χ4n) is 7.04. The van der Waals surface area contributed by atoms with Crippen LogP contribution in [0.2, 0.25) is 0 Å². The number of aromatic nitrogens is 1. The molecule has 2 aliphatic rings. The normalized spacial score (nSPS) is 19.7. The number of fused-ring (bicyclic) bond motifs is 1. The van der Waals surface area contributed by atoms with Gasteiger partial charge in [-0.2, -0.15) is 0 Å². The summed E-state index contributed by atoms with van der Waals surface area (Å²) in [6, 6.07) is 24.2. The zero-order chi connectivity index (χ0) is 27.4. The SMILES string of the molecule is [2H]C(C)(C)c1c[n+](C)c(-c2ccccc2C)cc1-c1ccc2cc(C3([2H])CCC4(CCCC4)CC3)ccc2c1. The highest BCUT2D eigenvalue weighted by Gasteiger charge is 2.37. The molecule has 2 aliphatic carbocycles. The first-order chi connectivity index (χ1) is 18.6. The minimum atomic E-state index is -0.731. The van der Waals surface area contributed by atoms with Gasteiger partial charge in [0.1, 0.15) is 7.05 Å². The van der Waals surface area contributed by atoms with E-state index < -0.39 is 11.8 Å². The number of hydrogen-bond donors (Lipinski definition) is 0. The van der Waals surface area contributed by atoms with E-state index in [1.165, 1.54) is 66.0 Å². The molecule has 6 rings (SSSR count). The zero-order valence-electron chi connectivity index (χ0n) is 25.0. The molecule has 3 aromatic carbocycles. The maximum Gasteiger partial charge on any atom is 0.213 e. The predicted molar refractivity (Wildman–Crippen MR) is 157 cm³/mol. The van der Waals surface area contributed by atoms with Crippen LogP contribution in [-0.2, 0) is 7.05 Å². The Hall–Kier alpha value is -2.93. The van der Waals surface area contributed by atoms with Gasteiger partial charge in [-0.25, -0.2) is 4.57 Å². The van der Waals surface area contributed by atoms with Crippen LogP contribution >= 0.6 is 0 Å². The van der Waals surface area contributed by atoms with Crippen molar-refractivity contribution >= 4 is 10.8 Å². The van der Waals surface area contributed by atoms with Crippen molar-refractivity contribution in [3.8, 4) is 22.4 Å². The molecule has 37 heavy (non-hydrogen) atoms. The Labute approximate surface area is 226 Å². The summed E-state index contributed by atoms with van der Waals surface area (Å²) in [5, 5.41) is 2.40. The van der Waals surface area contributed by atoms with Gasteiger partial charge >= 0.3 is 0 Å². The largest absolute Gasteiger partial charge is 0.213 e. The maximum atomic E-state index is 9.38. The summed E-state index contributed by atoms with van der Waals surface area (Å²) in [5.74, 6) is -1.19. The van der Waals surface area contributed by atoms with E-state index in [0.717, 1.165) is 35.2 Å². The van der Waals surface area contributed by atoms with Gasteiger partial charge in [0, 0.05) is 19.9 Å². The van der Waals surface area contributed by atoms with Crippen LogP contribution in [0.5, 0.6) is 0 Å². The Kier molecular flexibility index (Phi) is 5.82. The van der Waals surface area contributed by atoms with Gasteiger partial charge in [-0.15, -0.1) is 0 Å². The van der Waals surface area contributed by atoms with Crippen LogP contribution in [-0.4, -0.2) is 0 Å². The minimum Gasteiger partial charge on any atom is -0.201 e. The highest BCUT2D eigenvalue weighted by atomic mass is 14.9. The average molecular weight is 491 g/mol. The fraction of sp³-hybridized carbons (Fsp3) is 0.417. The third kappa shape index (κ3) is 4.63. The van der Waals surface area contributed by atoms with E-state index >= 15 is 0 Å². The number of rotatable bonds is 4. The molecule has 0 saturated heterocycles. The van der Waals surface area contributed by atoms with E-state index in [1.54, 1.807) is 0 Å². The van der Waals surface area contributed by atoms with E-state index in [2.05, 4.69) is 91.5 Å². The van der Waals surface area contributed by atoms with E-state index in [4.69, 9.17) is 1.37 Å². The van der Waals surface area contributed by atoms with Crippen molar-refractivity contribution in [2.45, 2.75) is 83.9 Å². The molecule has 1 nitrogen and oxygen atoms in total. The monoisotopic (exact) mass is 490 g/mol. The summed E-state index contributed by atoms with van der Waals surface area (Å²) in [5.41, 5.74) is 8.61. The average Bonchev–Trinajstić information content (AvgIpc) is 3.38. The lowest BCUT2D eigenvalue weighted by Gasteiger charge is -2.37. The van der Waals surface area contributed by atoms with Crippen LogP contribution in [0, 0.1) is 12.3 Å². The lowest BCUT2D eigenvalue weighted by Crippen LogP contribution is -2.32. The Morgan fingerprint density at radius 2 is 1.57 bits per heavy atom. The van der Waals surface area contributed by atoms with Gasteiger partial charge in [-0.3, -0.25) is 0 Å². The quantitative estimate of drug-likeness (QED) is 0.251. The van der Waals surface area contributed by atoms with Crippen LogP contribution in [0.25, 0.3) is 33.2 Å². The summed E-state index contributed by atoms with van der Waals surface area (Å²) in [6.45, 7) is 6.10. The Morgan fingerprint density at radius 3 is 2.30 bits per heavy atom. The predicted octanol–water partition coefficient (Wildman–Crippen LogP) is 9.65. The lowest BCUT2D eigenvalue weighted by molar-refractivity contribution is -0.660. The van der Waals surface area contributed by atoms with Gasteiger partial charge in [-0.1, -0.05) is 75.2 Å². The molecule has 1 aromatic heterocycles. The van der Waals surface area contributed by atoms with Crippen LogP contribution in [0.3, 0.4) is 0 Å². The summed E-state index contributed by atoms with van der Waals surface area (Å²) in [4.78, 5) is 0. The molecular weight excluding hydrogens is 446 g/mol. The third-order valence-electron chi connectivity index (χ3n) is 9.37. The molecule has 1 heteroatoms. The van der Waals surface area contributed by atoms with Crippen LogP contribution in [0.15, 0.2) is 72.9 Å². The molecular formula is C36H42N+. The number of benzene rings is 3. The molecule has 0 unspecified atom stereocenters. The summed E-state index contributed by atoms with van der Waals surface area (Å²) >= 11 is 0. The molecule has 0 N–H and O–H groups in total. The highest BCUT2D eigenvalue weighted by Crippen LogP contribution is 2.52. The summed E-state index contributed by atoms with van der Waals surface area (Å²) in [7, 11) is 2.08. The standard InChI is InChI=1S/C36H42N/c1-25(2)34-24-37(4)35(32-10-6-5-9-26(32)3)23-33(34)31-14-13-29-21-28(11-12-30(29)22-31)27-15-19-36(20-16-27)17-7-8-18-36/h5-6,9-14,21-25,27H,7-8,15-20H2,1-4H3/q+1/i25D,27D. The number of aryl methyl sites for hydroxylation is 2. The molecule has 0 atom stereocenters. The van der Waals surface area contributed by atoms with E-state index in [-0.39, 0.29) is 0 Å². The van der Waals surface area contributed by atoms with Crippen molar-refractivity contribution < 1.29 is 7.31 Å². The van der Waals surface area contributed by atoms with Gasteiger partial charge in [0.05, 0.1) is 0 Å². The molecule has 0 aliphatic heterocycles. The lowest BCUT2D eigenvalue weighted by atomic mass is 9.68. The maximum absolute atomic E-state index is 9.38. The second-order valence-corrected chi connectivity index (χ2v) is 12.0. The van der Waals surface area contributed by atoms with Crippen molar-refractivity contribution in [3.05, 3.63) is 89.6 Å². The molecule has 1 spiro atoms. The Balaban J connectivity index is 1.38. The summed E-state index contributed by atoms with van der Waals surface area (Å²) in [6.07, 6.45) is 12.1. The first kappa shape index (κ1) is 22.1. The highest BCUT2D eigenvalue weighted by molar-refractivity contribution is 5.89. The smallest absolute Gasteiger partial charge is 0.201 e. The van der Waals surface area contributed by atoms with Crippen LogP contribution < -0.4 is 4.57 Å². The summed E-state index contributed by atoms with van der Waals surface area (Å²) < 4.78 is 20.5. The van der Waals surface area contributed by atoms with Gasteiger partial charge in [0.2, 0.25) is 5.69 Å². The second kappa shape index (κ2) is 9.75. The van der Waals surface area contributed by atoms with Gasteiger partial charge in [0.25, 0.3) is 0 Å². The Bertz CT molecular complexity index is 1530. The molecule has 0 radical (unpaired) electrons. The number of nitrogens with zero attached hydrogens (tertiary/aromatic N) is 1. The first-order valence-electron chi connectivity index (χ1n) is 15.2. The van der Waals surface area contributed by atoms with Crippen molar-refractivity contribution in [1.82, 2.24) is 0 Å². The topological polar surface area (TPSA) is 3.88 Å².